The standard InChI is InChI=1S/C16H25N3O3S/c1-22-10-3-7-18-16(21)14(12-5-8-17-9-6-12)19-15(20)13-4-2-11-23-13/h2,4,11-12,14,17H,3,5-10H2,1H3,(H,18,21)(H,19,20). The molecule has 2 heterocycles. The number of hydrogen-bond acceptors (Lipinski definition) is 5. The number of rotatable bonds is 8. The number of thiophene rings is 1. The molecule has 0 spiro atoms. The molecule has 1 aliphatic rings. The first kappa shape index (κ1) is 17.9. The van der Waals surface area contributed by atoms with Gasteiger partial charge in [0.15, 0.2) is 0 Å². The van der Waals surface area contributed by atoms with Crippen LogP contribution < -0.4 is 16.0 Å². The maximum Gasteiger partial charge on any atom is 0.262 e. The van der Waals surface area contributed by atoms with E-state index >= 15 is 0 Å². The summed E-state index contributed by atoms with van der Waals surface area (Å²) in [5.41, 5.74) is 0. The van der Waals surface area contributed by atoms with Crippen molar-refractivity contribution in [3.63, 3.8) is 0 Å². The molecule has 7 heteroatoms. The maximum atomic E-state index is 12.5. The van der Waals surface area contributed by atoms with Crippen LogP contribution in [0.25, 0.3) is 0 Å². The molecule has 2 rings (SSSR count). The molecule has 6 nitrogen and oxygen atoms in total. The molecule has 128 valence electrons. The van der Waals surface area contributed by atoms with Crippen LogP contribution in [0.15, 0.2) is 17.5 Å². The lowest BCUT2D eigenvalue weighted by atomic mass is 9.89. The lowest BCUT2D eigenvalue weighted by Crippen LogP contribution is -2.53. The molecule has 1 atom stereocenters. The third kappa shape index (κ3) is 5.60. The van der Waals surface area contributed by atoms with Crippen molar-refractivity contribution in [3.8, 4) is 0 Å². The van der Waals surface area contributed by atoms with E-state index in [9.17, 15) is 9.59 Å². The summed E-state index contributed by atoms with van der Waals surface area (Å²) in [5, 5.41) is 11.0. The van der Waals surface area contributed by atoms with E-state index in [1.54, 1.807) is 13.2 Å². The summed E-state index contributed by atoms with van der Waals surface area (Å²) in [4.78, 5) is 25.5. The monoisotopic (exact) mass is 339 g/mol. The molecule has 2 amide bonds. The van der Waals surface area contributed by atoms with Crippen molar-refractivity contribution >= 4 is 23.2 Å². The number of carbonyl (C=O) groups excluding carboxylic acids is 2. The van der Waals surface area contributed by atoms with Gasteiger partial charge >= 0.3 is 0 Å². The molecule has 0 saturated carbocycles. The van der Waals surface area contributed by atoms with Crippen LogP contribution in [0.1, 0.15) is 28.9 Å². The minimum Gasteiger partial charge on any atom is -0.385 e. The molecule has 1 aromatic heterocycles. The fourth-order valence-corrected chi connectivity index (χ4v) is 3.36. The van der Waals surface area contributed by atoms with Crippen molar-refractivity contribution in [1.29, 1.82) is 0 Å². The van der Waals surface area contributed by atoms with Gasteiger partial charge in [0.25, 0.3) is 5.91 Å². The highest BCUT2D eigenvalue weighted by atomic mass is 32.1. The third-order valence-corrected chi connectivity index (χ3v) is 4.86. The van der Waals surface area contributed by atoms with E-state index < -0.39 is 6.04 Å². The molecule has 1 fully saturated rings. The van der Waals surface area contributed by atoms with Gasteiger partial charge < -0.3 is 20.7 Å². The van der Waals surface area contributed by atoms with E-state index in [1.165, 1.54) is 11.3 Å². The Morgan fingerprint density at radius 1 is 1.43 bits per heavy atom. The van der Waals surface area contributed by atoms with Crippen molar-refractivity contribution in [1.82, 2.24) is 16.0 Å². The van der Waals surface area contributed by atoms with Crippen LogP contribution in [0.5, 0.6) is 0 Å². The number of piperidine rings is 1. The van der Waals surface area contributed by atoms with Crippen LogP contribution in [0.4, 0.5) is 0 Å². The van der Waals surface area contributed by atoms with Crippen molar-refractivity contribution in [3.05, 3.63) is 22.4 Å². The number of ether oxygens (including phenoxy) is 1. The Morgan fingerprint density at radius 2 is 2.22 bits per heavy atom. The highest BCUT2D eigenvalue weighted by Gasteiger charge is 2.31. The van der Waals surface area contributed by atoms with Gasteiger partial charge in [0.1, 0.15) is 6.04 Å². The summed E-state index contributed by atoms with van der Waals surface area (Å²) in [6.07, 6.45) is 2.54. The highest BCUT2D eigenvalue weighted by molar-refractivity contribution is 7.12. The Labute approximate surface area is 141 Å². The van der Waals surface area contributed by atoms with Crippen molar-refractivity contribution in [2.45, 2.75) is 25.3 Å². The minimum absolute atomic E-state index is 0.0992. The molecule has 1 aliphatic heterocycles. The first-order valence-corrected chi connectivity index (χ1v) is 8.92. The van der Waals surface area contributed by atoms with Crippen LogP contribution >= 0.6 is 11.3 Å². The van der Waals surface area contributed by atoms with Crippen LogP contribution in [0.3, 0.4) is 0 Å². The van der Waals surface area contributed by atoms with Crippen LogP contribution in [0, 0.1) is 5.92 Å². The van der Waals surface area contributed by atoms with Crippen molar-refractivity contribution in [2.75, 3.05) is 33.4 Å². The molecule has 0 aliphatic carbocycles. The van der Waals surface area contributed by atoms with Gasteiger partial charge in [-0.15, -0.1) is 11.3 Å². The molecule has 0 radical (unpaired) electrons. The van der Waals surface area contributed by atoms with E-state index in [2.05, 4.69) is 16.0 Å². The van der Waals surface area contributed by atoms with Crippen LogP contribution in [0.2, 0.25) is 0 Å². The van der Waals surface area contributed by atoms with Gasteiger partial charge in [0.2, 0.25) is 5.91 Å². The second-order valence-corrected chi connectivity index (χ2v) is 6.60. The van der Waals surface area contributed by atoms with Gasteiger partial charge in [-0.1, -0.05) is 6.07 Å². The summed E-state index contributed by atoms with van der Waals surface area (Å²) in [7, 11) is 1.64. The summed E-state index contributed by atoms with van der Waals surface area (Å²) in [5.74, 6) is -0.101. The summed E-state index contributed by atoms with van der Waals surface area (Å²) < 4.78 is 4.99. The molecule has 1 saturated heterocycles. The topological polar surface area (TPSA) is 79.5 Å². The van der Waals surface area contributed by atoms with Crippen LogP contribution in [-0.4, -0.2) is 51.2 Å². The second kappa shape index (κ2) is 9.64. The SMILES string of the molecule is COCCCNC(=O)C(NC(=O)c1cccs1)C1CCNCC1. The van der Waals surface area contributed by atoms with E-state index in [-0.39, 0.29) is 17.7 Å². The molecule has 23 heavy (non-hydrogen) atoms. The normalized spacial score (nSPS) is 16.7. The number of carbonyl (C=O) groups is 2. The minimum atomic E-state index is -0.478. The second-order valence-electron chi connectivity index (χ2n) is 5.65. The number of hydrogen-bond donors (Lipinski definition) is 3. The number of nitrogens with one attached hydrogen (secondary N) is 3. The molecule has 1 unspecified atom stereocenters. The summed E-state index contributed by atoms with van der Waals surface area (Å²) in [6.45, 7) is 2.93. The molecule has 1 aromatic rings. The van der Waals surface area contributed by atoms with Gasteiger partial charge in [-0.3, -0.25) is 9.59 Å². The maximum absolute atomic E-state index is 12.5. The largest absolute Gasteiger partial charge is 0.385 e. The predicted molar refractivity (Wildman–Crippen MR) is 90.7 cm³/mol. The van der Waals surface area contributed by atoms with E-state index in [0.717, 1.165) is 32.4 Å². The first-order valence-electron chi connectivity index (χ1n) is 8.04. The Bertz CT molecular complexity index is 487. The van der Waals surface area contributed by atoms with E-state index in [4.69, 9.17) is 4.74 Å². The fraction of sp³-hybridized carbons (Fsp3) is 0.625. The Balaban J connectivity index is 1.96. The number of methoxy groups -OCH3 is 1. The zero-order chi connectivity index (χ0) is 16.5. The average molecular weight is 339 g/mol. The van der Waals surface area contributed by atoms with Gasteiger partial charge in [-0.2, -0.15) is 0 Å². The van der Waals surface area contributed by atoms with E-state index in [0.29, 0.717) is 18.0 Å². The third-order valence-electron chi connectivity index (χ3n) is 3.99. The Kier molecular flexibility index (Phi) is 7.51. The average Bonchev–Trinajstić information content (AvgIpc) is 3.11. The molecular formula is C16H25N3O3S. The molecular weight excluding hydrogens is 314 g/mol. The lowest BCUT2D eigenvalue weighted by molar-refractivity contribution is -0.124. The van der Waals surface area contributed by atoms with Crippen molar-refractivity contribution in [2.24, 2.45) is 5.92 Å². The van der Waals surface area contributed by atoms with Crippen LogP contribution in [-0.2, 0) is 9.53 Å². The zero-order valence-electron chi connectivity index (χ0n) is 13.5. The quantitative estimate of drug-likeness (QED) is 0.617. The Hall–Kier alpha value is -1.44. The summed E-state index contributed by atoms with van der Waals surface area (Å²) >= 11 is 1.38. The zero-order valence-corrected chi connectivity index (χ0v) is 14.3. The van der Waals surface area contributed by atoms with Gasteiger partial charge in [0.05, 0.1) is 4.88 Å². The van der Waals surface area contributed by atoms with Crippen molar-refractivity contribution < 1.29 is 14.3 Å². The van der Waals surface area contributed by atoms with Gasteiger partial charge in [-0.25, -0.2) is 0 Å². The van der Waals surface area contributed by atoms with Gasteiger partial charge in [-0.05, 0) is 49.7 Å². The Morgan fingerprint density at radius 3 is 2.87 bits per heavy atom. The molecule has 3 N–H and O–H groups in total. The first-order chi connectivity index (χ1) is 11.2. The fourth-order valence-electron chi connectivity index (χ4n) is 2.73. The smallest absolute Gasteiger partial charge is 0.262 e. The lowest BCUT2D eigenvalue weighted by Gasteiger charge is -2.30. The highest BCUT2D eigenvalue weighted by Crippen LogP contribution is 2.18. The van der Waals surface area contributed by atoms with Gasteiger partial charge in [0, 0.05) is 20.3 Å². The van der Waals surface area contributed by atoms with E-state index in [1.807, 2.05) is 11.4 Å². The molecule has 0 bridgehead atoms. The summed E-state index contributed by atoms with van der Waals surface area (Å²) in [6, 6.07) is 3.13. The molecule has 0 aromatic carbocycles. The predicted octanol–water partition coefficient (Wildman–Crippen LogP) is 0.999. The number of amides is 2.